The van der Waals surface area contributed by atoms with E-state index >= 15 is 0 Å². The lowest BCUT2D eigenvalue weighted by atomic mass is 9.96. The highest BCUT2D eigenvalue weighted by Crippen LogP contribution is 2.27. The van der Waals surface area contributed by atoms with Crippen molar-refractivity contribution >= 4 is 40.0 Å². The van der Waals surface area contributed by atoms with E-state index in [1.54, 1.807) is 6.92 Å². The van der Waals surface area contributed by atoms with Crippen molar-refractivity contribution in [3.05, 3.63) is 23.2 Å². The summed E-state index contributed by atoms with van der Waals surface area (Å²) in [6.07, 6.45) is 2.91. The van der Waals surface area contributed by atoms with E-state index in [2.05, 4.69) is 15.6 Å². The van der Waals surface area contributed by atoms with Crippen LogP contribution in [0.5, 0.6) is 0 Å². The average Bonchev–Trinajstić information content (AvgIpc) is 2.96. The summed E-state index contributed by atoms with van der Waals surface area (Å²) < 4.78 is 30.3. The highest BCUT2D eigenvalue weighted by atomic mass is 127. The smallest absolute Gasteiger partial charge is 0.211 e. The largest absolute Gasteiger partial charge is 0.466 e. The van der Waals surface area contributed by atoms with Crippen LogP contribution in [0.25, 0.3) is 0 Å². The first kappa shape index (κ1) is 26.2. The number of halogens is 1. The molecule has 0 bridgehead atoms. The summed E-state index contributed by atoms with van der Waals surface area (Å²) in [7, 11) is -3.10. The number of guanidine groups is 1. The molecule has 0 aliphatic carbocycles. The molecular weight excluding hydrogens is 507 g/mol. The van der Waals surface area contributed by atoms with Gasteiger partial charge in [-0.1, -0.05) is 0 Å². The van der Waals surface area contributed by atoms with Crippen LogP contribution in [0.15, 0.2) is 15.5 Å². The standard InChI is InChI=1S/C19H34N4O4S.HI/c1-6-20-18(21-12-16-7-9-23(10-8-16)28(5,25)26)22-13-19(4,24)17-11-14(2)27-15(17)3;/h11,16,24H,6-10,12-13H2,1-5H3,(H2,20,21,22);1H. The third kappa shape index (κ3) is 7.72. The number of nitrogens with zero attached hydrogens (tertiary/aromatic N) is 2. The molecule has 1 aliphatic heterocycles. The van der Waals surface area contributed by atoms with Crippen LogP contribution in [-0.2, 0) is 15.6 Å². The first-order valence-corrected chi connectivity index (χ1v) is 11.6. The predicted octanol–water partition coefficient (Wildman–Crippen LogP) is 1.95. The predicted molar refractivity (Wildman–Crippen MR) is 126 cm³/mol. The molecule has 2 rings (SSSR count). The van der Waals surface area contributed by atoms with E-state index in [1.165, 1.54) is 10.6 Å². The number of aliphatic hydroxyl groups is 1. The van der Waals surface area contributed by atoms with Gasteiger partial charge in [0.1, 0.15) is 17.1 Å². The van der Waals surface area contributed by atoms with Gasteiger partial charge in [0.2, 0.25) is 10.0 Å². The molecule has 29 heavy (non-hydrogen) atoms. The molecule has 1 aromatic rings. The Kier molecular flexibility index (Phi) is 9.90. The van der Waals surface area contributed by atoms with Crippen LogP contribution in [0.3, 0.4) is 0 Å². The van der Waals surface area contributed by atoms with Crippen molar-refractivity contribution in [2.24, 2.45) is 10.9 Å². The molecule has 1 aliphatic rings. The fourth-order valence-corrected chi connectivity index (χ4v) is 4.39. The van der Waals surface area contributed by atoms with E-state index in [9.17, 15) is 13.5 Å². The highest BCUT2D eigenvalue weighted by Gasteiger charge is 2.28. The minimum Gasteiger partial charge on any atom is -0.466 e. The first-order chi connectivity index (χ1) is 13.0. The molecular formula is C19H35IN4O4S. The Morgan fingerprint density at radius 3 is 2.45 bits per heavy atom. The number of nitrogens with one attached hydrogen (secondary N) is 2. The SMILES string of the molecule is CCNC(=NCC(C)(O)c1cc(C)oc1C)NCC1CCN(S(C)(=O)=O)CC1.I. The summed E-state index contributed by atoms with van der Waals surface area (Å²) in [5.41, 5.74) is -0.372. The van der Waals surface area contributed by atoms with Crippen molar-refractivity contribution in [3.8, 4) is 0 Å². The fourth-order valence-electron chi connectivity index (χ4n) is 3.51. The second-order valence-corrected chi connectivity index (χ2v) is 9.76. The maximum atomic E-state index is 11.6. The van der Waals surface area contributed by atoms with Crippen LogP contribution in [0, 0.1) is 19.8 Å². The van der Waals surface area contributed by atoms with E-state index in [0.29, 0.717) is 37.3 Å². The van der Waals surface area contributed by atoms with Crippen LogP contribution >= 0.6 is 24.0 Å². The van der Waals surface area contributed by atoms with Gasteiger partial charge in [-0.3, -0.25) is 0 Å². The van der Waals surface area contributed by atoms with Gasteiger partial charge in [0.25, 0.3) is 0 Å². The molecule has 3 N–H and O–H groups in total. The van der Waals surface area contributed by atoms with Gasteiger partial charge in [-0.2, -0.15) is 0 Å². The molecule has 0 amide bonds. The van der Waals surface area contributed by atoms with Crippen molar-refractivity contribution in [3.63, 3.8) is 0 Å². The molecule has 10 heteroatoms. The topological polar surface area (TPSA) is 107 Å². The first-order valence-electron chi connectivity index (χ1n) is 9.80. The van der Waals surface area contributed by atoms with Crippen molar-refractivity contribution in [1.82, 2.24) is 14.9 Å². The van der Waals surface area contributed by atoms with Crippen molar-refractivity contribution < 1.29 is 17.9 Å². The van der Waals surface area contributed by atoms with E-state index in [-0.39, 0.29) is 30.5 Å². The Morgan fingerprint density at radius 1 is 1.34 bits per heavy atom. The summed E-state index contributed by atoms with van der Waals surface area (Å²) >= 11 is 0. The van der Waals surface area contributed by atoms with Gasteiger partial charge in [-0.15, -0.1) is 24.0 Å². The Bertz CT molecular complexity index is 784. The number of rotatable bonds is 7. The van der Waals surface area contributed by atoms with Gasteiger partial charge in [0.05, 0.1) is 12.8 Å². The van der Waals surface area contributed by atoms with Gasteiger partial charge in [-0.25, -0.2) is 17.7 Å². The van der Waals surface area contributed by atoms with E-state index in [4.69, 9.17) is 4.42 Å². The molecule has 0 radical (unpaired) electrons. The van der Waals surface area contributed by atoms with Gasteiger partial charge < -0.3 is 20.2 Å². The number of aliphatic imine (C=N–C) groups is 1. The Balaban J connectivity index is 0.00000420. The second-order valence-electron chi connectivity index (χ2n) is 7.78. The van der Waals surface area contributed by atoms with Crippen LogP contribution in [0.4, 0.5) is 0 Å². The molecule has 1 atom stereocenters. The number of hydrogen-bond donors (Lipinski definition) is 3. The molecule has 8 nitrogen and oxygen atoms in total. The summed E-state index contributed by atoms with van der Waals surface area (Å²) in [6.45, 7) is 10.2. The summed E-state index contributed by atoms with van der Waals surface area (Å²) in [5, 5.41) is 17.4. The highest BCUT2D eigenvalue weighted by molar-refractivity contribution is 14.0. The minimum absolute atomic E-state index is 0. The number of aryl methyl sites for hydroxylation is 2. The van der Waals surface area contributed by atoms with Crippen LogP contribution in [0.1, 0.15) is 43.8 Å². The lowest BCUT2D eigenvalue weighted by Crippen LogP contribution is -2.44. The molecule has 2 heterocycles. The summed E-state index contributed by atoms with van der Waals surface area (Å²) in [4.78, 5) is 4.55. The van der Waals surface area contributed by atoms with Crippen LogP contribution < -0.4 is 10.6 Å². The van der Waals surface area contributed by atoms with E-state index < -0.39 is 15.6 Å². The minimum atomic E-state index is -3.10. The third-order valence-electron chi connectivity index (χ3n) is 5.11. The lowest BCUT2D eigenvalue weighted by Gasteiger charge is -2.30. The van der Waals surface area contributed by atoms with Crippen LogP contribution in [-0.4, -0.2) is 62.8 Å². The molecule has 0 spiro atoms. The molecule has 168 valence electrons. The Hall–Kier alpha value is -0.850. The van der Waals surface area contributed by atoms with Crippen LogP contribution in [0.2, 0.25) is 0 Å². The van der Waals surface area contributed by atoms with E-state index in [1.807, 2.05) is 26.8 Å². The third-order valence-corrected chi connectivity index (χ3v) is 6.41. The zero-order valence-corrected chi connectivity index (χ0v) is 21.1. The van der Waals surface area contributed by atoms with Crippen molar-refractivity contribution in [2.45, 2.75) is 46.1 Å². The lowest BCUT2D eigenvalue weighted by molar-refractivity contribution is 0.0657. The second kappa shape index (κ2) is 11.0. The molecule has 1 aromatic heterocycles. The van der Waals surface area contributed by atoms with E-state index in [0.717, 1.165) is 30.7 Å². The number of furan rings is 1. The summed E-state index contributed by atoms with van der Waals surface area (Å²) in [5.74, 6) is 2.50. The maximum Gasteiger partial charge on any atom is 0.211 e. The fraction of sp³-hybridized carbons (Fsp3) is 0.737. The Labute approximate surface area is 191 Å². The summed E-state index contributed by atoms with van der Waals surface area (Å²) in [6, 6.07) is 1.85. The average molecular weight is 542 g/mol. The molecule has 0 aromatic carbocycles. The molecule has 1 fully saturated rings. The van der Waals surface area contributed by atoms with Gasteiger partial charge in [0, 0.05) is 31.7 Å². The monoisotopic (exact) mass is 542 g/mol. The molecule has 0 saturated carbocycles. The van der Waals surface area contributed by atoms with Gasteiger partial charge >= 0.3 is 0 Å². The normalized spacial score (nSPS) is 18.8. The zero-order chi connectivity index (χ0) is 20.9. The van der Waals surface area contributed by atoms with Gasteiger partial charge in [-0.05, 0) is 52.5 Å². The van der Waals surface area contributed by atoms with Crippen molar-refractivity contribution in [2.75, 3.05) is 39.0 Å². The number of hydrogen-bond acceptors (Lipinski definition) is 5. The Morgan fingerprint density at radius 2 is 1.97 bits per heavy atom. The molecule has 1 unspecified atom stereocenters. The maximum absolute atomic E-state index is 11.6. The number of sulfonamides is 1. The molecule has 1 saturated heterocycles. The number of piperidine rings is 1. The van der Waals surface area contributed by atoms with Crippen molar-refractivity contribution in [1.29, 1.82) is 0 Å². The van der Waals surface area contributed by atoms with Gasteiger partial charge in [0.15, 0.2) is 5.96 Å². The quantitative estimate of drug-likeness (QED) is 0.276. The zero-order valence-electron chi connectivity index (χ0n) is 18.0.